The number of ether oxygens (including phenoxy) is 1. The molecule has 1 saturated heterocycles. The summed E-state index contributed by atoms with van der Waals surface area (Å²) >= 11 is 7.44. The van der Waals surface area contributed by atoms with Crippen molar-refractivity contribution in [1.82, 2.24) is 4.90 Å². The molecule has 0 aliphatic carbocycles. The van der Waals surface area contributed by atoms with Crippen LogP contribution in [0.4, 0.5) is 10.1 Å². The molecule has 186 valence electrons. The van der Waals surface area contributed by atoms with Crippen LogP contribution in [0.5, 0.6) is 11.5 Å². The normalized spacial score (nSPS) is 13.5. The molecule has 11 heteroatoms. The molecule has 4 aromatic rings. The summed E-state index contributed by atoms with van der Waals surface area (Å²) in [4.78, 5) is 14.2. The van der Waals surface area contributed by atoms with E-state index in [-0.39, 0.29) is 33.5 Å². The third-order valence-electron chi connectivity index (χ3n) is 5.93. The van der Waals surface area contributed by atoms with Gasteiger partial charge in [-0.1, -0.05) is 29.8 Å². The lowest BCUT2D eigenvalue weighted by molar-refractivity contribution is 0.0651. The average molecular weight is 547 g/mol. The number of fused-ring (bicyclic) bond motifs is 1. The summed E-state index contributed by atoms with van der Waals surface area (Å²) in [6.45, 7) is 1.12. The van der Waals surface area contributed by atoms with E-state index in [1.807, 2.05) is 30.3 Å². The number of phenolic OH excluding ortho intramolecular Hbond substituents is 1. The number of hydrogen-bond acceptors (Lipinski definition) is 6. The maximum absolute atomic E-state index is 15.0. The molecule has 36 heavy (non-hydrogen) atoms. The van der Waals surface area contributed by atoms with Crippen LogP contribution in [0.1, 0.15) is 16.8 Å². The number of amides is 1. The number of carbonyl (C=O) groups is 1. The quantitative estimate of drug-likeness (QED) is 0.322. The number of aromatic hydroxyl groups is 1. The Hall–Kier alpha value is -3.34. The summed E-state index contributed by atoms with van der Waals surface area (Å²) in [5, 5.41) is 11.1. The van der Waals surface area contributed by atoms with E-state index in [2.05, 4.69) is 4.72 Å². The molecule has 0 radical (unpaired) electrons. The lowest BCUT2D eigenvalue weighted by Gasteiger charge is -2.31. The highest BCUT2D eigenvalue weighted by Gasteiger charge is 2.28. The molecule has 1 amide bonds. The van der Waals surface area contributed by atoms with Gasteiger partial charge in [-0.15, -0.1) is 11.3 Å². The zero-order valence-electron chi connectivity index (χ0n) is 18.9. The van der Waals surface area contributed by atoms with Crippen LogP contribution in [-0.4, -0.2) is 44.5 Å². The van der Waals surface area contributed by atoms with Gasteiger partial charge in [0.05, 0.1) is 17.8 Å². The topological polar surface area (TPSA) is 95.9 Å². The molecule has 5 rings (SSSR count). The van der Waals surface area contributed by atoms with E-state index >= 15 is 4.39 Å². The van der Waals surface area contributed by atoms with Crippen LogP contribution >= 0.6 is 22.9 Å². The van der Waals surface area contributed by atoms with Crippen molar-refractivity contribution in [2.75, 3.05) is 24.9 Å². The van der Waals surface area contributed by atoms with Crippen LogP contribution in [0.25, 0.3) is 20.5 Å². The fourth-order valence-electron chi connectivity index (χ4n) is 3.91. The molecule has 0 atom stereocenters. The van der Waals surface area contributed by atoms with Gasteiger partial charge < -0.3 is 14.7 Å². The number of sulfonamides is 1. The summed E-state index contributed by atoms with van der Waals surface area (Å²) in [7, 11) is -3.18. The van der Waals surface area contributed by atoms with Crippen molar-refractivity contribution < 1.29 is 27.4 Å². The third kappa shape index (κ3) is 4.36. The summed E-state index contributed by atoms with van der Waals surface area (Å²) in [6.07, 6.45) is 0.858. The Morgan fingerprint density at radius 3 is 2.58 bits per heavy atom. The van der Waals surface area contributed by atoms with Crippen LogP contribution in [-0.2, 0) is 10.0 Å². The van der Waals surface area contributed by atoms with Gasteiger partial charge >= 0.3 is 0 Å². The molecule has 1 aliphatic rings. The van der Waals surface area contributed by atoms with Gasteiger partial charge in [0.15, 0.2) is 5.75 Å². The molecule has 3 aromatic carbocycles. The molecule has 0 spiro atoms. The van der Waals surface area contributed by atoms with Gasteiger partial charge in [0.25, 0.3) is 15.9 Å². The number of benzene rings is 3. The Bertz CT molecular complexity index is 1580. The minimum atomic E-state index is -4.46. The fourth-order valence-corrected chi connectivity index (χ4v) is 6.47. The first-order chi connectivity index (χ1) is 17.2. The second-order valence-corrected chi connectivity index (χ2v) is 11.4. The summed E-state index contributed by atoms with van der Waals surface area (Å²) in [6, 6.07) is 14.1. The van der Waals surface area contributed by atoms with Gasteiger partial charge in [0.1, 0.15) is 16.5 Å². The lowest BCUT2D eigenvalue weighted by Crippen LogP contribution is -2.42. The highest BCUT2D eigenvalue weighted by atomic mass is 35.5. The number of likely N-dealkylation sites (tertiary alicyclic amines) is 1. The molecule has 1 aliphatic heterocycles. The number of methoxy groups -OCH3 is 1. The van der Waals surface area contributed by atoms with E-state index in [1.165, 1.54) is 30.6 Å². The fraction of sp³-hybridized carbons (Fsp3) is 0.160. The van der Waals surface area contributed by atoms with Crippen molar-refractivity contribution in [3.05, 3.63) is 71.0 Å². The first-order valence-electron chi connectivity index (χ1n) is 10.9. The maximum Gasteiger partial charge on any atom is 0.265 e. The van der Waals surface area contributed by atoms with Gasteiger partial charge in [-0.05, 0) is 42.1 Å². The van der Waals surface area contributed by atoms with Crippen LogP contribution in [0.3, 0.4) is 0 Å². The van der Waals surface area contributed by atoms with Crippen molar-refractivity contribution in [3.8, 4) is 21.9 Å². The number of anilines is 1. The van der Waals surface area contributed by atoms with Gasteiger partial charge in [-0.25, -0.2) is 12.8 Å². The van der Waals surface area contributed by atoms with E-state index < -0.39 is 26.5 Å². The standard InChI is InChI=1S/C25H20ClFN2O5S2/c1-34-20-13-18(27)16(22-10-14-5-2-3-6-21(14)35-22)12-19(20)28-36(32,33)23-11-15(9-17(26)24(23)30)25(31)29-7-4-8-29/h2-3,5-6,9-13,28,30H,4,7-8H2,1H3. The average Bonchev–Trinajstić information content (AvgIpc) is 3.24. The minimum Gasteiger partial charge on any atom is -0.505 e. The Labute approximate surface area is 215 Å². The van der Waals surface area contributed by atoms with Crippen molar-refractivity contribution in [1.29, 1.82) is 0 Å². The predicted octanol–water partition coefficient (Wildman–Crippen LogP) is 5.72. The summed E-state index contributed by atoms with van der Waals surface area (Å²) < 4.78 is 50.2. The molecule has 1 fully saturated rings. The molecule has 0 bridgehead atoms. The van der Waals surface area contributed by atoms with E-state index in [4.69, 9.17) is 16.3 Å². The maximum atomic E-state index is 15.0. The van der Waals surface area contributed by atoms with Crippen molar-refractivity contribution in [3.63, 3.8) is 0 Å². The monoisotopic (exact) mass is 546 g/mol. The number of phenols is 1. The second-order valence-electron chi connectivity index (χ2n) is 8.24. The van der Waals surface area contributed by atoms with Crippen LogP contribution in [0.15, 0.2) is 59.5 Å². The Balaban J connectivity index is 1.56. The van der Waals surface area contributed by atoms with Crippen LogP contribution < -0.4 is 9.46 Å². The molecular formula is C25H20ClFN2O5S2. The number of carbonyl (C=O) groups excluding carboxylic acids is 1. The third-order valence-corrected chi connectivity index (χ3v) is 8.75. The number of rotatable bonds is 6. The molecule has 2 heterocycles. The smallest absolute Gasteiger partial charge is 0.265 e. The summed E-state index contributed by atoms with van der Waals surface area (Å²) in [5.74, 6) is -1.73. The van der Waals surface area contributed by atoms with Crippen LogP contribution in [0, 0.1) is 5.82 Å². The molecule has 0 saturated carbocycles. The van der Waals surface area contributed by atoms with Gasteiger partial charge in [0.2, 0.25) is 0 Å². The first-order valence-corrected chi connectivity index (χ1v) is 13.6. The molecule has 0 unspecified atom stereocenters. The van der Waals surface area contributed by atoms with Gasteiger partial charge in [-0.2, -0.15) is 0 Å². The zero-order chi connectivity index (χ0) is 25.6. The predicted molar refractivity (Wildman–Crippen MR) is 138 cm³/mol. The number of hydrogen-bond donors (Lipinski definition) is 2. The Kier molecular flexibility index (Phi) is 6.27. The van der Waals surface area contributed by atoms with E-state index in [0.29, 0.717) is 18.0 Å². The van der Waals surface area contributed by atoms with Crippen LogP contribution in [0.2, 0.25) is 5.02 Å². The zero-order valence-corrected chi connectivity index (χ0v) is 21.3. The largest absolute Gasteiger partial charge is 0.505 e. The molecular weight excluding hydrogens is 527 g/mol. The van der Waals surface area contributed by atoms with Gasteiger partial charge in [0, 0.05) is 39.9 Å². The van der Waals surface area contributed by atoms with Crippen molar-refractivity contribution >= 4 is 54.6 Å². The van der Waals surface area contributed by atoms with Gasteiger partial charge in [-0.3, -0.25) is 9.52 Å². The Morgan fingerprint density at radius 2 is 1.92 bits per heavy atom. The van der Waals surface area contributed by atoms with Crippen molar-refractivity contribution in [2.45, 2.75) is 11.3 Å². The highest BCUT2D eigenvalue weighted by Crippen LogP contribution is 2.41. The number of nitrogens with zero attached hydrogens (tertiary/aromatic N) is 1. The summed E-state index contributed by atoms with van der Waals surface area (Å²) in [5.41, 5.74) is 0.176. The lowest BCUT2D eigenvalue weighted by atomic mass is 10.1. The highest BCUT2D eigenvalue weighted by molar-refractivity contribution is 7.92. The molecule has 2 N–H and O–H groups in total. The first kappa shape index (κ1) is 24.4. The van der Waals surface area contributed by atoms with E-state index in [9.17, 15) is 18.3 Å². The van der Waals surface area contributed by atoms with E-state index in [1.54, 1.807) is 4.90 Å². The SMILES string of the molecule is COc1cc(F)c(-c2cc3ccccc3s2)cc1NS(=O)(=O)c1cc(C(=O)N2CCC2)cc(Cl)c1O. The second kappa shape index (κ2) is 9.27. The molecule has 7 nitrogen and oxygen atoms in total. The Morgan fingerprint density at radius 1 is 1.17 bits per heavy atom. The number of halogens is 2. The molecule has 1 aromatic heterocycles. The van der Waals surface area contributed by atoms with E-state index in [0.717, 1.165) is 28.6 Å². The number of nitrogens with one attached hydrogen (secondary N) is 1. The number of thiophene rings is 1. The minimum absolute atomic E-state index is 0.0370. The van der Waals surface area contributed by atoms with Crippen molar-refractivity contribution in [2.24, 2.45) is 0 Å².